The van der Waals surface area contributed by atoms with Gasteiger partial charge in [-0.15, -0.1) is 0 Å². The van der Waals surface area contributed by atoms with Crippen LogP contribution in [-0.4, -0.2) is 54.4 Å². The van der Waals surface area contributed by atoms with E-state index in [9.17, 15) is 14.4 Å². The molecule has 0 aromatic rings. The van der Waals surface area contributed by atoms with Gasteiger partial charge in [-0.3, -0.25) is 4.79 Å². The molecule has 7 heteroatoms. The summed E-state index contributed by atoms with van der Waals surface area (Å²) in [6.45, 7) is 6.81. The number of hydrogen-bond donors (Lipinski definition) is 3. The SMILES string of the molecule is CCCCCCCCCCCC(=O)O.CCC[CH2][Sn][CH2]CCC.O=C(O)C=CC(=O)O. The topological polar surface area (TPSA) is 112 Å². The van der Waals surface area contributed by atoms with Crippen LogP contribution in [0.1, 0.15) is 111 Å². The van der Waals surface area contributed by atoms with Gasteiger partial charge in [0.25, 0.3) is 0 Å². The van der Waals surface area contributed by atoms with Crippen molar-refractivity contribution >= 4 is 39.1 Å². The van der Waals surface area contributed by atoms with Gasteiger partial charge in [0.2, 0.25) is 0 Å². The molecule has 3 N–H and O–H groups in total. The summed E-state index contributed by atoms with van der Waals surface area (Å²) in [6, 6.07) is 0. The fourth-order valence-electron chi connectivity index (χ4n) is 2.46. The van der Waals surface area contributed by atoms with Crippen molar-refractivity contribution < 1.29 is 29.7 Å². The normalized spacial score (nSPS) is 10.0. The number of unbranched alkanes of at least 4 members (excludes halogenated alkanes) is 10. The maximum Gasteiger partial charge on any atom is 0.328 e. The third kappa shape index (κ3) is 47.9. The second-order valence-corrected chi connectivity index (χ2v) is 11.7. The molecule has 0 aromatic carbocycles. The minimum absolute atomic E-state index is 0.149. The molecule has 0 spiro atoms. The number of rotatable bonds is 18. The van der Waals surface area contributed by atoms with Crippen LogP contribution >= 0.6 is 0 Å². The molecule has 31 heavy (non-hydrogen) atoms. The molecule has 0 saturated carbocycles. The number of carbonyl (C=O) groups is 3. The zero-order valence-corrected chi connectivity index (χ0v) is 22.9. The van der Waals surface area contributed by atoms with Gasteiger partial charge in [-0.2, -0.15) is 0 Å². The average molecular weight is 549 g/mol. The molecule has 0 atom stereocenters. The first-order valence-electron chi connectivity index (χ1n) is 11.9. The van der Waals surface area contributed by atoms with E-state index in [1.165, 1.54) is 70.6 Å². The summed E-state index contributed by atoms with van der Waals surface area (Å²) in [7, 11) is 0. The maximum absolute atomic E-state index is 10.2. The van der Waals surface area contributed by atoms with Crippen LogP contribution in [0.3, 0.4) is 0 Å². The first kappa shape index (κ1) is 34.6. The Labute approximate surface area is 200 Å². The van der Waals surface area contributed by atoms with Crippen molar-refractivity contribution in [2.45, 2.75) is 120 Å². The quantitative estimate of drug-likeness (QED) is 0.0982. The van der Waals surface area contributed by atoms with Crippen LogP contribution in [0.2, 0.25) is 8.87 Å². The Morgan fingerprint density at radius 2 is 0.935 bits per heavy atom. The van der Waals surface area contributed by atoms with E-state index in [4.69, 9.17) is 15.3 Å². The summed E-state index contributed by atoms with van der Waals surface area (Å²) in [5.74, 6) is -3.17. The van der Waals surface area contributed by atoms with Gasteiger partial charge in [-0.1, -0.05) is 58.3 Å². The van der Waals surface area contributed by atoms with Crippen molar-refractivity contribution in [3.63, 3.8) is 0 Å². The van der Waals surface area contributed by atoms with E-state index in [2.05, 4.69) is 20.8 Å². The first-order chi connectivity index (χ1) is 14.8. The second-order valence-electron chi connectivity index (χ2n) is 7.44. The van der Waals surface area contributed by atoms with E-state index in [-0.39, 0.29) is 21.1 Å². The van der Waals surface area contributed by atoms with Crippen LogP contribution in [-0.2, 0) is 14.4 Å². The van der Waals surface area contributed by atoms with Crippen LogP contribution in [0, 0.1) is 0 Å². The Kier molecular flexibility index (Phi) is 34.7. The monoisotopic (exact) mass is 550 g/mol. The van der Waals surface area contributed by atoms with E-state index in [1.54, 1.807) is 8.87 Å². The van der Waals surface area contributed by atoms with Crippen molar-refractivity contribution in [2.24, 2.45) is 0 Å². The fraction of sp³-hybridized carbons (Fsp3) is 0.792. The van der Waals surface area contributed by atoms with Gasteiger partial charge in [0.15, 0.2) is 0 Å². The van der Waals surface area contributed by atoms with Crippen LogP contribution in [0.5, 0.6) is 0 Å². The molecule has 0 unspecified atom stereocenters. The third-order valence-electron chi connectivity index (χ3n) is 4.28. The van der Waals surface area contributed by atoms with Gasteiger partial charge in [-0.05, 0) is 6.42 Å². The average Bonchev–Trinajstić information content (AvgIpc) is 2.72. The van der Waals surface area contributed by atoms with Crippen molar-refractivity contribution in [3.8, 4) is 0 Å². The molecule has 6 nitrogen and oxygen atoms in total. The van der Waals surface area contributed by atoms with Gasteiger partial charge >= 0.3 is 87.5 Å². The van der Waals surface area contributed by atoms with Crippen LogP contribution < -0.4 is 0 Å². The molecule has 0 aromatic heterocycles. The summed E-state index contributed by atoms with van der Waals surface area (Å²) < 4.78 is 3.25. The van der Waals surface area contributed by atoms with Gasteiger partial charge in [0.05, 0.1) is 0 Å². The predicted molar refractivity (Wildman–Crippen MR) is 129 cm³/mol. The predicted octanol–water partition coefficient (Wildman–Crippen LogP) is 6.83. The molecule has 0 amide bonds. The molecule has 0 rings (SSSR count). The van der Waals surface area contributed by atoms with Crippen LogP contribution in [0.25, 0.3) is 0 Å². The maximum atomic E-state index is 10.2. The fourth-order valence-corrected chi connectivity index (χ4v) is 6.62. The molecule has 0 fully saturated rings. The zero-order chi connectivity index (χ0) is 24.2. The van der Waals surface area contributed by atoms with Crippen molar-refractivity contribution in [1.82, 2.24) is 0 Å². The largest absolute Gasteiger partial charge is 0.478 e. The molecule has 2 radical (unpaired) electrons. The van der Waals surface area contributed by atoms with Gasteiger partial charge in [-0.25, -0.2) is 9.59 Å². The number of carboxylic acid groups (broad SMARTS) is 3. The van der Waals surface area contributed by atoms with Gasteiger partial charge in [0.1, 0.15) is 0 Å². The van der Waals surface area contributed by atoms with E-state index >= 15 is 0 Å². The van der Waals surface area contributed by atoms with Crippen molar-refractivity contribution in [2.75, 3.05) is 0 Å². The molecule has 0 heterocycles. The van der Waals surface area contributed by atoms with E-state index in [0.717, 1.165) is 12.8 Å². The van der Waals surface area contributed by atoms with Gasteiger partial charge < -0.3 is 15.3 Å². The standard InChI is InChI=1S/C12H24O2.C4H4O4.2C4H9.Sn/c1-2-3-4-5-6-7-8-9-10-11-12(13)14;5-3(6)1-2-4(7)8;2*1-3-4-2;/h2-11H2,1H3,(H,13,14);1-2H,(H,5,6)(H,7,8);2*1,3-4H2,2H3;. The molecule has 0 bridgehead atoms. The summed E-state index contributed by atoms with van der Waals surface area (Å²) in [6.07, 6.45) is 18.4. The Bertz CT molecular complexity index is 416. The summed E-state index contributed by atoms with van der Waals surface area (Å²) in [4.78, 5) is 29.3. The molecular formula is C24H46O6Sn. The molecule has 0 aliphatic heterocycles. The number of aliphatic carboxylic acids is 3. The van der Waals surface area contributed by atoms with E-state index in [0.29, 0.717) is 18.6 Å². The third-order valence-corrected chi connectivity index (χ3v) is 8.31. The van der Waals surface area contributed by atoms with Crippen LogP contribution in [0.15, 0.2) is 12.2 Å². The Hall–Kier alpha value is -1.05. The van der Waals surface area contributed by atoms with Crippen molar-refractivity contribution in [1.29, 1.82) is 0 Å². The Morgan fingerprint density at radius 1 is 0.581 bits per heavy atom. The van der Waals surface area contributed by atoms with Crippen molar-refractivity contribution in [3.05, 3.63) is 12.2 Å². The zero-order valence-electron chi connectivity index (χ0n) is 20.0. The van der Waals surface area contributed by atoms with Crippen LogP contribution in [0.4, 0.5) is 0 Å². The minimum atomic E-state index is -1.26. The number of hydrogen-bond acceptors (Lipinski definition) is 3. The first-order valence-corrected chi connectivity index (χ1v) is 15.9. The van der Waals surface area contributed by atoms with E-state index < -0.39 is 17.9 Å². The summed E-state index contributed by atoms with van der Waals surface area (Å²) in [5.41, 5.74) is 0. The Morgan fingerprint density at radius 3 is 1.26 bits per heavy atom. The smallest absolute Gasteiger partial charge is 0.328 e. The second kappa shape index (κ2) is 31.1. The summed E-state index contributed by atoms with van der Waals surface area (Å²) >= 11 is 0.149. The molecule has 0 aliphatic rings. The number of carboxylic acids is 3. The Balaban J connectivity index is -0.000000401. The molecule has 0 aliphatic carbocycles. The minimum Gasteiger partial charge on any atom is -0.478 e. The molecule has 182 valence electrons. The van der Waals surface area contributed by atoms with Gasteiger partial charge in [0, 0.05) is 18.6 Å². The molecular weight excluding hydrogens is 503 g/mol. The molecule has 0 saturated heterocycles. The summed E-state index contributed by atoms with van der Waals surface area (Å²) in [5, 5.41) is 24.0. The van der Waals surface area contributed by atoms with E-state index in [1.807, 2.05) is 0 Å².